The first-order valence-corrected chi connectivity index (χ1v) is 7.60. The Morgan fingerprint density at radius 1 is 1.20 bits per heavy atom. The zero-order valence-electron chi connectivity index (χ0n) is 12.2. The topological polar surface area (TPSA) is 45.5 Å². The molecule has 0 spiro atoms. The van der Waals surface area contributed by atoms with E-state index in [1.165, 1.54) is 38.8 Å². The highest BCUT2D eigenvalue weighted by molar-refractivity contribution is 5.67. The number of anilines is 1. The number of rotatable bonds is 4. The second-order valence-electron chi connectivity index (χ2n) is 5.57. The van der Waals surface area contributed by atoms with E-state index in [0.717, 1.165) is 30.1 Å². The van der Waals surface area contributed by atoms with Crippen molar-refractivity contribution in [2.45, 2.75) is 32.6 Å². The van der Waals surface area contributed by atoms with E-state index >= 15 is 0 Å². The Labute approximate surface area is 120 Å². The second kappa shape index (κ2) is 6.22. The molecule has 0 atom stereocenters. The van der Waals surface area contributed by atoms with Crippen molar-refractivity contribution < 1.29 is 0 Å². The van der Waals surface area contributed by atoms with E-state index in [1.54, 1.807) is 6.20 Å². The van der Waals surface area contributed by atoms with Gasteiger partial charge in [0.2, 0.25) is 0 Å². The summed E-state index contributed by atoms with van der Waals surface area (Å²) in [5.74, 6) is 0.933. The van der Waals surface area contributed by atoms with Gasteiger partial charge in [0, 0.05) is 25.5 Å². The molecule has 3 rings (SSSR count). The second-order valence-corrected chi connectivity index (χ2v) is 5.57. The van der Waals surface area contributed by atoms with Crippen molar-refractivity contribution in [3.63, 3.8) is 0 Å². The Bertz CT molecular complexity index is 554. The summed E-state index contributed by atoms with van der Waals surface area (Å²) in [6.07, 6.45) is 9.15. The maximum Gasteiger partial charge on any atom is 0.152 e. The minimum Gasteiger partial charge on any atom is -0.367 e. The van der Waals surface area contributed by atoms with Gasteiger partial charge in [-0.2, -0.15) is 5.10 Å². The average Bonchev–Trinajstić information content (AvgIpc) is 2.66. The fourth-order valence-electron chi connectivity index (χ4n) is 2.87. The molecule has 0 aromatic carbocycles. The van der Waals surface area contributed by atoms with Gasteiger partial charge >= 0.3 is 0 Å². The quantitative estimate of drug-likeness (QED) is 0.928. The number of hydrogen-bond donors (Lipinski definition) is 1. The van der Waals surface area contributed by atoms with Crippen LogP contribution in [-0.2, 0) is 0 Å². The van der Waals surface area contributed by atoms with Crippen molar-refractivity contribution in [3.8, 4) is 0 Å². The van der Waals surface area contributed by atoms with Gasteiger partial charge in [-0.3, -0.25) is 0 Å². The van der Waals surface area contributed by atoms with E-state index in [4.69, 9.17) is 0 Å². The Balaban J connectivity index is 1.59. The van der Waals surface area contributed by atoms with E-state index in [-0.39, 0.29) is 0 Å². The van der Waals surface area contributed by atoms with Crippen LogP contribution in [0.3, 0.4) is 0 Å². The first-order valence-electron chi connectivity index (χ1n) is 7.60. The molecule has 1 fully saturated rings. The molecule has 0 radical (unpaired) electrons. The van der Waals surface area contributed by atoms with Crippen LogP contribution in [-0.4, -0.2) is 45.7 Å². The van der Waals surface area contributed by atoms with Crippen LogP contribution in [0.25, 0.3) is 5.52 Å². The van der Waals surface area contributed by atoms with E-state index in [9.17, 15) is 0 Å². The van der Waals surface area contributed by atoms with Crippen LogP contribution in [0.15, 0.2) is 18.5 Å². The normalized spacial score (nSPS) is 17.2. The fourth-order valence-corrected chi connectivity index (χ4v) is 2.87. The number of aryl methyl sites for hydroxylation is 1. The lowest BCUT2D eigenvalue weighted by atomic mass is 10.2. The van der Waals surface area contributed by atoms with E-state index < -0.39 is 0 Å². The van der Waals surface area contributed by atoms with Crippen molar-refractivity contribution in [1.82, 2.24) is 19.5 Å². The minimum absolute atomic E-state index is 0.933. The monoisotopic (exact) mass is 273 g/mol. The van der Waals surface area contributed by atoms with Crippen LogP contribution in [0.4, 0.5) is 5.82 Å². The third-order valence-electron chi connectivity index (χ3n) is 3.93. The Kier molecular flexibility index (Phi) is 4.16. The lowest BCUT2D eigenvalue weighted by molar-refractivity contribution is 0.296. The maximum absolute atomic E-state index is 4.43. The van der Waals surface area contributed by atoms with Gasteiger partial charge in [0.1, 0.15) is 5.52 Å². The molecule has 20 heavy (non-hydrogen) atoms. The molecule has 3 heterocycles. The Morgan fingerprint density at radius 2 is 2.00 bits per heavy atom. The molecule has 108 valence electrons. The van der Waals surface area contributed by atoms with E-state index in [0.29, 0.717) is 0 Å². The van der Waals surface area contributed by atoms with Crippen molar-refractivity contribution >= 4 is 11.3 Å². The number of fused-ring (bicyclic) bond motifs is 1. The highest BCUT2D eigenvalue weighted by Crippen LogP contribution is 2.14. The minimum atomic E-state index is 0.933. The molecular formula is C15H23N5. The summed E-state index contributed by atoms with van der Waals surface area (Å²) in [4.78, 5) is 6.99. The van der Waals surface area contributed by atoms with Gasteiger partial charge in [-0.25, -0.2) is 9.50 Å². The predicted molar refractivity (Wildman–Crippen MR) is 81.1 cm³/mol. The first kappa shape index (κ1) is 13.4. The van der Waals surface area contributed by atoms with Gasteiger partial charge in [-0.15, -0.1) is 0 Å². The SMILES string of the molecule is Cc1cc2c(NCCN3CCCCCC3)nccn2n1. The van der Waals surface area contributed by atoms with Crippen LogP contribution in [0.1, 0.15) is 31.4 Å². The maximum atomic E-state index is 4.43. The lowest BCUT2D eigenvalue weighted by Gasteiger charge is -2.19. The van der Waals surface area contributed by atoms with Crippen molar-refractivity contribution in [2.75, 3.05) is 31.5 Å². The highest BCUT2D eigenvalue weighted by atomic mass is 15.2. The summed E-state index contributed by atoms with van der Waals surface area (Å²) in [5, 5.41) is 7.87. The summed E-state index contributed by atoms with van der Waals surface area (Å²) in [5.41, 5.74) is 2.08. The van der Waals surface area contributed by atoms with E-state index in [2.05, 4.69) is 26.4 Å². The predicted octanol–water partition coefficient (Wildman–Crippen LogP) is 2.33. The van der Waals surface area contributed by atoms with Crippen LogP contribution in [0.2, 0.25) is 0 Å². The fraction of sp³-hybridized carbons (Fsp3) is 0.600. The van der Waals surface area contributed by atoms with Crippen LogP contribution < -0.4 is 5.32 Å². The summed E-state index contributed by atoms with van der Waals surface area (Å²) >= 11 is 0. The summed E-state index contributed by atoms with van der Waals surface area (Å²) in [6.45, 7) is 6.52. The molecule has 5 nitrogen and oxygen atoms in total. The number of nitrogens with one attached hydrogen (secondary N) is 1. The number of hydrogen-bond acceptors (Lipinski definition) is 4. The molecule has 0 unspecified atom stereocenters. The van der Waals surface area contributed by atoms with Gasteiger partial charge < -0.3 is 10.2 Å². The van der Waals surface area contributed by atoms with Gasteiger partial charge in [-0.05, 0) is 38.9 Å². The smallest absolute Gasteiger partial charge is 0.152 e. The van der Waals surface area contributed by atoms with Crippen molar-refractivity contribution in [1.29, 1.82) is 0 Å². The number of likely N-dealkylation sites (tertiary alicyclic amines) is 1. The molecule has 1 saturated heterocycles. The Morgan fingerprint density at radius 3 is 2.80 bits per heavy atom. The molecule has 2 aromatic rings. The van der Waals surface area contributed by atoms with Crippen LogP contribution in [0, 0.1) is 6.92 Å². The first-order chi connectivity index (χ1) is 9.83. The Hall–Kier alpha value is -1.62. The number of aromatic nitrogens is 3. The zero-order chi connectivity index (χ0) is 13.8. The molecule has 1 aliphatic heterocycles. The van der Waals surface area contributed by atoms with Gasteiger partial charge in [0.05, 0.1) is 5.69 Å². The summed E-state index contributed by atoms with van der Waals surface area (Å²) < 4.78 is 1.89. The summed E-state index contributed by atoms with van der Waals surface area (Å²) in [6, 6.07) is 2.07. The molecule has 2 aromatic heterocycles. The molecule has 5 heteroatoms. The summed E-state index contributed by atoms with van der Waals surface area (Å²) in [7, 11) is 0. The third kappa shape index (κ3) is 3.10. The lowest BCUT2D eigenvalue weighted by Crippen LogP contribution is -2.30. The van der Waals surface area contributed by atoms with Crippen LogP contribution in [0.5, 0.6) is 0 Å². The van der Waals surface area contributed by atoms with E-state index in [1.807, 2.05) is 17.6 Å². The molecular weight excluding hydrogens is 250 g/mol. The largest absolute Gasteiger partial charge is 0.367 e. The van der Waals surface area contributed by atoms with Crippen molar-refractivity contribution in [3.05, 3.63) is 24.2 Å². The zero-order valence-corrected chi connectivity index (χ0v) is 12.2. The molecule has 0 amide bonds. The molecule has 1 aliphatic rings. The van der Waals surface area contributed by atoms with Crippen LogP contribution >= 0.6 is 0 Å². The third-order valence-corrected chi connectivity index (χ3v) is 3.93. The molecule has 0 bridgehead atoms. The molecule has 0 aliphatic carbocycles. The highest BCUT2D eigenvalue weighted by Gasteiger charge is 2.09. The van der Waals surface area contributed by atoms with Gasteiger partial charge in [0.25, 0.3) is 0 Å². The van der Waals surface area contributed by atoms with Gasteiger partial charge in [-0.1, -0.05) is 12.8 Å². The number of nitrogens with zero attached hydrogens (tertiary/aromatic N) is 4. The molecule has 0 saturated carbocycles. The standard InChI is InChI=1S/C15H23N5/c1-13-12-14-15(17-7-11-20(14)18-13)16-6-10-19-8-4-2-3-5-9-19/h7,11-12H,2-6,8-10H2,1H3,(H,16,17). The molecule has 1 N–H and O–H groups in total. The average molecular weight is 273 g/mol. The van der Waals surface area contributed by atoms with Gasteiger partial charge in [0.15, 0.2) is 5.82 Å². The van der Waals surface area contributed by atoms with Crippen molar-refractivity contribution in [2.24, 2.45) is 0 Å².